The number of aromatic nitrogens is 4. The largest absolute Gasteiger partial charge is 0.356 e. The Hall–Kier alpha value is -2.73. The minimum Gasteiger partial charge on any atom is -0.356 e. The van der Waals surface area contributed by atoms with Crippen LogP contribution in [0, 0.1) is 5.82 Å². The van der Waals surface area contributed by atoms with Gasteiger partial charge in [-0.05, 0) is 49.6 Å². The molecule has 3 heterocycles. The van der Waals surface area contributed by atoms with Crippen LogP contribution in [0.2, 0.25) is 5.02 Å². The van der Waals surface area contributed by atoms with Gasteiger partial charge in [-0.15, -0.1) is 5.10 Å². The van der Waals surface area contributed by atoms with E-state index in [1.807, 2.05) is 24.3 Å². The van der Waals surface area contributed by atoms with Gasteiger partial charge in [-0.1, -0.05) is 28.9 Å². The number of halogens is 2. The highest BCUT2D eigenvalue weighted by Crippen LogP contribution is 2.32. The van der Waals surface area contributed by atoms with Gasteiger partial charge in [0, 0.05) is 29.1 Å². The summed E-state index contributed by atoms with van der Waals surface area (Å²) in [5.74, 6) is 0.581. The number of fused-ring (bicyclic) bond motifs is 3. The average molecular weight is 382 g/mol. The first-order valence-electron chi connectivity index (χ1n) is 9.06. The Morgan fingerprint density at radius 3 is 2.67 bits per heavy atom. The maximum Gasteiger partial charge on any atom is 0.186 e. The highest BCUT2D eigenvalue weighted by molar-refractivity contribution is 6.31. The summed E-state index contributed by atoms with van der Waals surface area (Å²) in [4.78, 5) is 7.21. The summed E-state index contributed by atoms with van der Waals surface area (Å²) in [7, 11) is 0. The van der Waals surface area contributed by atoms with E-state index >= 15 is 0 Å². The zero-order chi connectivity index (χ0) is 18.4. The molecular formula is C20H17ClFN5. The van der Waals surface area contributed by atoms with Crippen LogP contribution in [0.5, 0.6) is 0 Å². The number of benzene rings is 2. The molecule has 1 fully saturated rings. The summed E-state index contributed by atoms with van der Waals surface area (Å²) in [6.45, 7) is 1.92. The molecule has 136 valence electrons. The molecule has 1 aliphatic rings. The fraction of sp³-hybridized carbons (Fsp3) is 0.250. The molecule has 0 bridgehead atoms. The van der Waals surface area contributed by atoms with E-state index in [1.54, 1.807) is 10.6 Å². The van der Waals surface area contributed by atoms with Crippen LogP contribution in [0.15, 0.2) is 42.5 Å². The molecule has 0 aliphatic carbocycles. The Bertz CT molecular complexity index is 1150. The Morgan fingerprint density at radius 2 is 1.85 bits per heavy atom. The van der Waals surface area contributed by atoms with Gasteiger partial charge in [0.05, 0.1) is 5.52 Å². The molecule has 1 saturated heterocycles. The normalized spacial score (nSPS) is 15.0. The van der Waals surface area contributed by atoms with Gasteiger partial charge in [-0.3, -0.25) is 0 Å². The Balaban J connectivity index is 1.80. The van der Waals surface area contributed by atoms with Gasteiger partial charge in [0.15, 0.2) is 5.65 Å². The van der Waals surface area contributed by atoms with E-state index < -0.39 is 0 Å². The molecule has 0 unspecified atom stereocenters. The molecule has 5 rings (SSSR count). The molecule has 2 aromatic heterocycles. The lowest BCUT2D eigenvalue weighted by Gasteiger charge is -2.28. The summed E-state index contributed by atoms with van der Waals surface area (Å²) in [5.41, 5.74) is 2.75. The van der Waals surface area contributed by atoms with E-state index in [4.69, 9.17) is 16.6 Å². The number of anilines is 1. The summed E-state index contributed by atoms with van der Waals surface area (Å²) in [6.07, 6.45) is 3.52. The average Bonchev–Trinajstić information content (AvgIpc) is 3.12. The second-order valence-corrected chi connectivity index (χ2v) is 7.26. The molecule has 7 heteroatoms. The van der Waals surface area contributed by atoms with Crippen molar-refractivity contribution >= 4 is 34.0 Å². The lowest BCUT2D eigenvalue weighted by Crippen LogP contribution is -2.30. The van der Waals surface area contributed by atoms with Crippen molar-refractivity contribution in [1.29, 1.82) is 0 Å². The van der Waals surface area contributed by atoms with Crippen molar-refractivity contribution in [2.45, 2.75) is 19.3 Å². The van der Waals surface area contributed by atoms with Gasteiger partial charge in [0.2, 0.25) is 0 Å². The number of piperidine rings is 1. The molecule has 0 spiro atoms. The monoisotopic (exact) mass is 381 g/mol. The van der Waals surface area contributed by atoms with E-state index in [0.29, 0.717) is 21.9 Å². The van der Waals surface area contributed by atoms with E-state index in [2.05, 4.69) is 15.2 Å². The molecule has 27 heavy (non-hydrogen) atoms. The molecule has 0 atom stereocenters. The lowest BCUT2D eigenvalue weighted by atomic mass is 10.1. The van der Waals surface area contributed by atoms with E-state index in [1.165, 1.54) is 18.6 Å². The third-order valence-corrected chi connectivity index (χ3v) is 5.27. The predicted molar refractivity (Wildman–Crippen MR) is 105 cm³/mol. The van der Waals surface area contributed by atoms with Gasteiger partial charge in [0.25, 0.3) is 0 Å². The summed E-state index contributed by atoms with van der Waals surface area (Å²) < 4.78 is 15.4. The summed E-state index contributed by atoms with van der Waals surface area (Å²) >= 11 is 6.27. The SMILES string of the molecule is Fc1cccc(-c2nnn3c2nc(N2CCCCC2)c2cc(Cl)ccc23)c1. The zero-order valence-corrected chi connectivity index (χ0v) is 15.3. The van der Waals surface area contributed by atoms with Crippen molar-refractivity contribution in [1.82, 2.24) is 19.8 Å². The van der Waals surface area contributed by atoms with Crippen LogP contribution in [-0.2, 0) is 0 Å². The van der Waals surface area contributed by atoms with Crippen LogP contribution in [0.3, 0.4) is 0 Å². The Morgan fingerprint density at radius 1 is 1.00 bits per heavy atom. The van der Waals surface area contributed by atoms with E-state index in [-0.39, 0.29) is 5.82 Å². The van der Waals surface area contributed by atoms with E-state index in [0.717, 1.165) is 42.7 Å². The van der Waals surface area contributed by atoms with Gasteiger partial charge >= 0.3 is 0 Å². The molecule has 5 nitrogen and oxygen atoms in total. The van der Waals surface area contributed by atoms with Gasteiger partial charge < -0.3 is 4.90 Å². The first-order chi connectivity index (χ1) is 13.2. The quantitative estimate of drug-likeness (QED) is 0.503. The van der Waals surface area contributed by atoms with Gasteiger partial charge in [-0.2, -0.15) is 4.52 Å². The second kappa shape index (κ2) is 6.46. The molecule has 0 saturated carbocycles. The van der Waals surface area contributed by atoms with Crippen LogP contribution in [0.25, 0.3) is 27.8 Å². The van der Waals surface area contributed by atoms with Crippen LogP contribution in [0.1, 0.15) is 19.3 Å². The van der Waals surface area contributed by atoms with Crippen molar-refractivity contribution in [3.05, 3.63) is 53.3 Å². The Labute approximate surface area is 160 Å². The van der Waals surface area contributed by atoms with Crippen molar-refractivity contribution in [2.75, 3.05) is 18.0 Å². The molecule has 1 aliphatic heterocycles. The number of nitrogens with zero attached hydrogens (tertiary/aromatic N) is 5. The standard InChI is InChI=1S/C20H17ClFN5/c21-14-7-8-17-16(12-14)19(26-9-2-1-3-10-26)23-20-18(24-25-27(17)20)13-5-4-6-15(22)11-13/h4-8,11-12H,1-3,9-10H2. The van der Waals surface area contributed by atoms with E-state index in [9.17, 15) is 4.39 Å². The number of hydrogen-bond acceptors (Lipinski definition) is 4. The summed E-state index contributed by atoms with van der Waals surface area (Å²) in [5, 5.41) is 10.2. The highest BCUT2D eigenvalue weighted by Gasteiger charge is 2.21. The fourth-order valence-corrected chi connectivity index (χ4v) is 3.91. The van der Waals surface area contributed by atoms with Crippen molar-refractivity contribution < 1.29 is 4.39 Å². The first-order valence-corrected chi connectivity index (χ1v) is 9.44. The Kier molecular flexibility index (Phi) is 3.93. The molecule has 4 aromatic rings. The van der Waals surface area contributed by atoms with Crippen molar-refractivity contribution in [3.8, 4) is 11.3 Å². The summed E-state index contributed by atoms with van der Waals surface area (Å²) in [6, 6.07) is 12.1. The third-order valence-electron chi connectivity index (χ3n) is 5.04. The second-order valence-electron chi connectivity index (χ2n) is 6.83. The molecule has 0 amide bonds. The zero-order valence-electron chi connectivity index (χ0n) is 14.6. The predicted octanol–water partition coefficient (Wildman–Crippen LogP) is 4.73. The highest BCUT2D eigenvalue weighted by atomic mass is 35.5. The third kappa shape index (κ3) is 2.80. The molecular weight excluding hydrogens is 365 g/mol. The lowest BCUT2D eigenvalue weighted by molar-refractivity contribution is 0.575. The van der Waals surface area contributed by atoms with Crippen LogP contribution in [-0.4, -0.2) is 32.9 Å². The van der Waals surface area contributed by atoms with Crippen molar-refractivity contribution in [2.24, 2.45) is 0 Å². The minimum atomic E-state index is -0.308. The topological polar surface area (TPSA) is 46.3 Å². The molecule has 0 radical (unpaired) electrons. The minimum absolute atomic E-state index is 0.308. The molecule has 0 N–H and O–H groups in total. The number of hydrogen-bond donors (Lipinski definition) is 0. The molecule has 2 aromatic carbocycles. The maximum atomic E-state index is 13.7. The van der Waals surface area contributed by atoms with Crippen LogP contribution < -0.4 is 4.90 Å². The van der Waals surface area contributed by atoms with Crippen LogP contribution in [0.4, 0.5) is 10.2 Å². The van der Waals surface area contributed by atoms with Gasteiger partial charge in [0.1, 0.15) is 17.3 Å². The van der Waals surface area contributed by atoms with Crippen LogP contribution >= 0.6 is 11.6 Å². The van der Waals surface area contributed by atoms with Gasteiger partial charge in [-0.25, -0.2) is 9.37 Å². The van der Waals surface area contributed by atoms with Crippen molar-refractivity contribution in [3.63, 3.8) is 0 Å². The first kappa shape index (κ1) is 16.4. The smallest absolute Gasteiger partial charge is 0.186 e. The number of rotatable bonds is 2. The fourth-order valence-electron chi connectivity index (χ4n) is 3.74. The maximum absolute atomic E-state index is 13.7.